The second kappa shape index (κ2) is 4.65. The van der Waals surface area contributed by atoms with E-state index in [0.717, 1.165) is 12.8 Å². The minimum atomic E-state index is -0.0379. The third kappa shape index (κ3) is 2.52. The van der Waals surface area contributed by atoms with Gasteiger partial charge in [0.2, 0.25) is 0 Å². The predicted octanol–water partition coefficient (Wildman–Crippen LogP) is 2.10. The van der Waals surface area contributed by atoms with Gasteiger partial charge in [-0.05, 0) is 32.8 Å². The van der Waals surface area contributed by atoms with Crippen LogP contribution in [0, 0.1) is 0 Å². The molecule has 4 nitrogen and oxygen atoms in total. The largest absolute Gasteiger partial charge is 0.397 e. The smallest absolute Gasteiger partial charge is 0.268 e. The van der Waals surface area contributed by atoms with E-state index in [1.165, 1.54) is 0 Å². The fourth-order valence-corrected chi connectivity index (χ4v) is 2.10. The molecule has 0 aliphatic heterocycles. The summed E-state index contributed by atoms with van der Waals surface area (Å²) < 4.78 is 1.91. The lowest BCUT2D eigenvalue weighted by Crippen LogP contribution is -2.34. The van der Waals surface area contributed by atoms with Crippen molar-refractivity contribution in [3.63, 3.8) is 0 Å². The number of carbonyl (C=O) groups is 1. The molecule has 17 heavy (non-hydrogen) atoms. The summed E-state index contributed by atoms with van der Waals surface area (Å²) in [5.74, 6) is -0.0379. The molecule has 1 heterocycles. The van der Waals surface area contributed by atoms with Gasteiger partial charge in [0, 0.05) is 18.3 Å². The summed E-state index contributed by atoms with van der Waals surface area (Å²) in [6.45, 7) is 4.07. The Labute approximate surface area is 101 Å². The number of nitrogens with one attached hydrogen (secondary N) is 1. The summed E-state index contributed by atoms with van der Waals surface area (Å²) in [7, 11) is 0. The molecule has 0 radical (unpaired) electrons. The molecule has 1 aliphatic rings. The molecule has 3 N–H and O–H groups in total. The van der Waals surface area contributed by atoms with Crippen molar-refractivity contribution in [3.8, 4) is 0 Å². The Morgan fingerprint density at radius 3 is 2.71 bits per heavy atom. The van der Waals surface area contributed by atoms with Crippen molar-refractivity contribution in [3.05, 3.63) is 30.1 Å². The molecule has 0 bridgehead atoms. The van der Waals surface area contributed by atoms with Crippen LogP contribution in [-0.4, -0.2) is 16.5 Å². The lowest BCUT2D eigenvalue weighted by molar-refractivity contribution is 0.0928. The lowest BCUT2D eigenvalue weighted by Gasteiger charge is -2.15. The van der Waals surface area contributed by atoms with Crippen LogP contribution in [0.15, 0.2) is 24.4 Å². The van der Waals surface area contributed by atoms with Gasteiger partial charge >= 0.3 is 0 Å². The molecule has 4 heteroatoms. The van der Waals surface area contributed by atoms with E-state index in [2.05, 4.69) is 17.5 Å². The number of carbonyl (C=O) groups excluding carboxylic acids is 1. The van der Waals surface area contributed by atoms with Crippen molar-refractivity contribution in [2.24, 2.45) is 0 Å². The minimum Gasteiger partial charge on any atom is -0.397 e. The summed E-state index contributed by atoms with van der Waals surface area (Å²) in [5, 5.41) is 3.03. The zero-order valence-electron chi connectivity index (χ0n) is 10.3. The molecular formula is C13H19N3O. The van der Waals surface area contributed by atoms with Gasteiger partial charge in [0.05, 0.1) is 5.69 Å². The number of nitrogens with two attached hydrogens (primary N) is 1. The fraction of sp³-hybridized carbons (Fsp3) is 0.462. The van der Waals surface area contributed by atoms with Gasteiger partial charge in [0.1, 0.15) is 5.69 Å². The van der Waals surface area contributed by atoms with Crippen LogP contribution in [0.3, 0.4) is 0 Å². The molecule has 0 spiro atoms. The van der Waals surface area contributed by atoms with E-state index in [4.69, 9.17) is 5.73 Å². The zero-order valence-corrected chi connectivity index (χ0v) is 10.3. The van der Waals surface area contributed by atoms with Crippen LogP contribution in [0.2, 0.25) is 0 Å². The first-order valence-corrected chi connectivity index (χ1v) is 6.01. The van der Waals surface area contributed by atoms with Crippen molar-refractivity contribution in [1.82, 2.24) is 9.88 Å². The summed E-state index contributed by atoms with van der Waals surface area (Å²) in [5.41, 5.74) is 7.03. The molecule has 1 aliphatic carbocycles. The summed E-state index contributed by atoms with van der Waals surface area (Å²) in [6, 6.07) is 2.20. The minimum absolute atomic E-state index is 0.0379. The topological polar surface area (TPSA) is 60.0 Å². The maximum atomic E-state index is 12.1. The van der Waals surface area contributed by atoms with Gasteiger partial charge in [-0.15, -0.1) is 0 Å². The molecule has 1 amide bonds. The predicted molar refractivity (Wildman–Crippen MR) is 68.9 cm³/mol. The average Bonchev–Trinajstić information content (AvgIpc) is 2.86. The highest BCUT2D eigenvalue weighted by molar-refractivity contribution is 5.94. The number of hydrogen-bond acceptors (Lipinski definition) is 2. The van der Waals surface area contributed by atoms with Gasteiger partial charge in [-0.25, -0.2) is 0 Å². The molecule has 92 valence electrons. The van der Waals surface area contributed by atoms with E-state index in [1.807, 2.05) is 24.6 Å². The molecule has 2 rings (SSSR count). The summed E-state index contributed by atoms with van der Waals surface area (Å²) >= 11 is 0. The van der Waals surface area contributed by atoms with Crippen LogP contribution in [0.1, 0.15) is 43.2 Å². The first-order chi connectivity index (χ1) is 8.08. The number of amides is 1. The molecule has 1 aromatic heterocycles. The number of nitrogens with zero attached hydrogens (tertiary/aromatic N) is 1. The third-order valence-electron chi connectivity index (χ3n) is 3.00. The maximum Gasteiger partial charge on any atom is 0.268 e. The Kier molecular flexibility index (Phi) is 3.22. The molecule has 0 fully saturated rings. The number of nitrogen functional groups attached to an aromatic ring is 1. The van der Waals surface area contributed by atoms with Gasteiger partial charge in [0.15, 0.2) is 0 Å². The number of rotatable bonds is 3. The number of hydrogen-bond donors (Lipinski definition) is 2. The van der Waals surface area contributed by atoms with Crippen LogP contribution in [0.25, 0.3) is 0 Å². The molecule has 0 saturated heterocycles. The Bertz CT molecular complexity index is 438. The van der Waals surface area contributed by atoms with Crippen LogP contribution >= 0.6 is 0 Å². The molecule has 1 aromatic rings. The second-order valence-corrected chi connectivity index (χ2v) is 4.77. The highest BCUT2D eigenvalue weighted by atomic mass is 16.2. The first-order valence-electron chi connectivity index (χ1n) is 6.01. The van der Waals surface area contributed by atoms with E-state index in [-0.39, 0.29) is 18.0 Å². The Hall–Kier alpha value is -1.71. The van der Waals surface area contributed by atoms with Gasteiger partial charge in [-0.3, -0.25) is 4.79 Å². The van der Waals surface area contributed by atoms with Gasteiger partial charge in [-0.1, -0.05) is 12.2 Å². The normalized spacial score (nSPS) is 15.7. The first kappa shape index (κ1) is 11.8. The highest BCUT2D eigenvalue weighted by Crippen LogP contribution is 2.17. The number of anilines is 1. The second-order valence-electron chi connectivity index (χ2n) is 4.77. The fourth-order valence-electron chi connectivity index (χ4n) is 2.10. The monoisotopic (exact) mass is 233 g/mol. The van der Waals surface area contributed by atoms with E-state index in [1.54, 1.807) is 6.07 Å². The Balaban J connectivity index is 2.12. The van der Waals surface area contributed by atoms with Crippen LogP contribution in [0.4, 0.5) is 5.69 Å². The van der Waals surface area contributed by atoms with Crippen LogP contribution in [-0.2, 0) is 0 Å². The third-order valence-corrected chi connectivity index (χ3v) is 3.00. The van der Waals surface area contributed by atoms with E-state index < -0.39 is 0 Å². The van der Waals surface area contributed by atoms with Crippen molar-refractivity contribution in [2.75, 3.05) is 5.73 Å². The summed E-state index contributed by atoms with van der Waals surface area (Å²) in [4.78, 5) is 12.1. The van der Waals surface area contributed by atoms with Gasteiger partial charge < -0.3 is 15.6 Å². The Morgan fingerprint density at radius 1 is 1.47 bits per heavy atom. The maximum absolute atomic E-state index is 12.1. The van der Waals surface area contributed by atoms with E-state index >= 15 is 0 Å². The average molecular weight is 233 g/mol. The van der Waals surface area contributed by atoms with E-state index in [9.17, 15) is 4.79 Å². The highest BCUT2D eigenvalue weighted by Gasteiger charge is 2.18. The Morgan fingerprint density at radius 2 is 2.12 bits per heavy atom. The van der Waals surface area contributed by atoms with Crippen LogP contribution < -0.4 is 11.1 Å². The quantitative estimate of drug-likeness (QED) is 0.785. The van der Waals surface area contributed by atoms with Crippen molar-refractivity contribution < 1.29 is 4.79 Å². The standard InChI is InChI=1S/C13H19N3O/c1-9(2)16-8-10(14)7-12(16)13(17)15-11-5-3-4-6-11/h3-4,7-9,11H,5-6,14H2,1-2H3,(H,15,17). The molecule has 0 atom stereocenters. The molecule has 0 unspecified atom stereocenters. The van der Waals surface area contributed by atoms with Crippen molar-refractivity contribution >= 4 is 11.6 Å². The van der Waals surface area contributed by atoms with Gasteiger partial charge in [-0.2, -0.15) is 0 Å². The zero-order chi connectivity index (χ0) is 12.4. The lowest BCUT2D eigenvalue weighted by atomic mass is 10.2. The molecule has 0 aromatic carbocycles. The van der Waals surface area contributed by atoms with Crippen LogP contribution in [0.5, 0.6) is 0 Å². The van der Waals surface area contributed by atoms with Gasteiger partial charge in [0.25, 0.3) is 5.91 Å². The van der Waals surface area contributed by atoms with Crippen molar-refractivity contribution in [2.45, 2.75) is 38.8 Å². The van der Waals surface area contributed by atoms with E-state index in [0.29, 0.717) is 11.4 Å². The SMILES string of the molecule is CC(C)n1cc(N)cc1C(=O)NC1CC=CC1. The van der Waals surface area contributed by atoms with Crippen molar-refractivity contribution in [1.29, 1.82) is 0 Å². The molecular weight excluding hydrogens is 214 g/mol. The summed E-state index contributed by atoms with van der Waals surface area (Å²) in [6.07, 6.45) is 7.85. The number of aromatic nitrogens is 1. The molecule has 0 saturated carbocycles.